The van der Waals surface area contributed by atoms with Crippen molar-refractivity contribution in [2.24, 2.45) is 0 Å². The van der Waals surface area contributed by atoms with Gasteiger partial charge < -0.3 is 9.84 Å². The highest BCUT2D eigenvalue weighted by Crippen LogP contribution is 2.36. The van der Waals surface area contributed by atoms with Gasteiger partial charge in [0.1, 0.15) is 11.8 Å². The number of carbonyl (C=O) groups is 1. The van der Waals surface area contributed by atoms with E-state index in [0.717, 1.165) is 12.8 Å². The monoisotopic (exact) mass is 269 g/mol. The largest absolute Gasteiger partial charge is 0.497 e. The summed E-state index contributed by atoms with van der Waals surface area (Å²) in [7, 11) is 3.38. The van der Waals surface area contributed by atoms with Gasteiger partial charge in [-0.25, -0.2) is 0 Å². The number of ether oxygens (including phenoxy) is 1. The summed E-state index contributed by atoms with van der Waals surface area (Å²) in [5, 5.41) is 9.82. The lowest BCUT2D eigenvalue weighted by Crippen LogP contribution is -2.32. The van der Waals surface area contributed by atoms with Gasteiger partial charge in [0.25, 0.3) is 0 Å². The average Bonchev–Trinajstić information content (AvgIpc) is 3.14. The highest BCUT2D eigenvalue weighted by atomic mass is 35.5. The summed E-state index contributed by atoms with van der Waals surface area (Å²) in [6, 6.07) is 4.75. The summed E-state index contributed by atoms with van der Waals surface area (Å²) in [5.41, 5.74) is 0.611. The van der Waals surface area contributed by atoms with Crippen molar-refractivity contribution >= 4 is 17.6 Å². The van der Waals surface area contributed by atoms with Crippen LogP contribution in [0.25, 0.3) is 0 Å². The first kappa shape index (κ1) is 13.2. The minimum absolute atomic E-state index is 0.351. The summed E-state index contributed by atoms with van der Waals surface area (Å²) in [5.74, 6) is -0.251. The van der Waals surface area contributed by atoms with Gasteiger partial charge in [-0.15, -0.1) is 0 Å². The summed E-state index contributed by atoms with van der Waals surface area (Å²) in [6.07, 6.45) is 2.10. The number of halogens is 1. The van der Waals surface area contributed by atoms with Gasteiger partial charge in [-0.3, -0.25) is 9.69 Å². The zero-order valence-electron chi connectivity index (χ0n) is 10.4. The molecule has 1 N–H and O–H groups in total. The lowest BCUT2D eigenvalue weighted by Gasteiger charge is -2.25. The van der Waals surface area contributed by atoms with Crippen molar-refractivity contribution in [3.8, 4) is 5.75 Å². The zero-order valence-corrected chi connectivity index (χ0v) is 11.1. The van der Waals surface area contributed by atoms with E-state index in [0.29, 0.717) is 22.4 Å². The van der Waals surface area contributed by atoms with Crippen LogP contribution in [0.5, 0.6) is 5.75 Å². The first-order valence-corrected chi connectivity index (χ1v) is 6.20. The molecule has 0 spiro atoms. The van der Waals surface area contributed by atoms with Crippen molar-refractivity contribution in [2.45, 2.75) is 24.9 Å². The molecule has 18 heavy (non-hydrogen) atoms. The van der Waals surface area contributed by atoms with Crippen LogP contribution < -0.4 is 4.74 Å². The zero-order chi connectivity index (χ0) is 13.3. The van der Waals surface area contributed by atoms with Crippen LogP contribution in [0.15, 0.2) is 18.2 Å². The Hall–Kier alpha value is -1.26. The Morgan fingerprint density at radius 2 is 2.22 bits per heavy atom. The SMILES string of the molecule is COc1ccc(C(C(=O)O)N(C)C2CC2)c(Cl)c1. The Bertz CT molecular complexity index is 460. The van der Waals surface area contributed by atoms with E-state index < -0.39 is 12.0 Å². The predicted molar refractivity (Wildman–Crippen MR) is 69.2 cm³/mol. The Morgan fingerprint density at radius 3 is 2.67 bits per heavy atom. The van der Waals surface area contributed by atoms with Crippen LogP contribution >= 0.6 is 11.6 Å². The van der Waals surface area contributed by atoms with Crippen molar-refractivity contribution in [2.75, 3.05) is 14.2 Å². The van der Waals surface area contributed by atoms with Gasteiger partial charge in [-0.2, -0.15) is 0 Å². The number of hydrogen-bond acceptors (Lipinski definition) is 3. The van der Waals surface area contributed by atoms with Gasteiger partial charge >= 0.3 is 5.97 Å². The van der Waals surface area contributed by atoms with Crippen molar-refractivity contribution < 1.29 is 14.6 Å². The third-order valence-electron chi connectivity index (χ3n) is 3.27. The second kappa shape index (κ2) is 5.16. The second-order valence-electron chi connectivity index (χ2n) is 4.52. The Morgan fingerprint density at radius 1 is 1.56 bits per heavy atom. The average molecular weight is 270 g/mol. The summed E-state index contributed by atoms with van der Waals surface area (Å²) < 4.78 is 5.07. The van der Waals surface area contributed by atoms with E-state index in [4.69, 9.17) is 16.3 Å². The van der Waals surface area contributed by atoms with Crippen LogP contribution in [0.3, 0.4) is 0 Å². The normalized spacial score (nSPS) is 16.7. The van der Waals surface area contributed by atoms with Crippen molar-refractivity contribution in [1.29, 1.82) is 0 Å². The number of carboxylic acids is 1. The number of rotatable bonds is 5. The minimum atomic E-state index is -0.878. The first-order valence-electron chi connectivity index (χ1n) is 5.82. The Labute approximate surface area is 111 Å². The molecule has 0 aromatic heterocycles. The predicted octanol–water partition coefficient (Wildman–Crippen LogP) is 2.57. The van der Waals surface area contributed by atoms with Crippen LogP contribution in [0.2, 0.25) is 5.02 Å². The Balaban J connectivity index is 2.33. The molecule has 2 rings (SSSR count). The van der Waals surface area contributed by atoms with E-state index in [2.05, 4.69) is 0 Å². The number of benzene rings is 1. The van der Waals surface area contributed by atoms with Crippen LogP contribution in [-0.2, 0) is 4.79 Å². The smallest absolute Gasteiger partial charge is 0.325 e. The van der Waals surface area contributed by atoms with Crippen LogP contribution in [0, 0.1) is 0 Å². The van der Waals surface area contributed by atoms with E-state index in [1.54, 1.807) is 25.3 Å². The van der Waals surface area contributed by atoms with E-state index >= 15 is 0 Å². The van der Waals surface area contributed by atoms with Gasteiger partial charge in [0.05, 0.1) is 7.11 Å². The van der Waals surface area contributed by atoms with E-state index in [9.17, 15) is 9.90 Å². The molecule has 1 fully saturated rings. The molecule has 98 valence electrons. The van der Waals surface area contributed by atoms with Gasteiger partial charge in [0.15, 0.2) is 0 Å². The number of hydrogen-bond donors (Lipinski definition) is 1. The van der Waals surface area contributed by atoms with Gasteiger partial charge in [-0.1, -0.05) is 17.7 Å². The third kappa shape index (κ3) is 2.60. The molecule has 1 unspecified atom stereocenters. The maximum atomic E-state index is 11.4. The van der Waals surface area contributed by atoms with Gasteiger partial charge in [0, 0.05) is 11.1 Å². The molecular weight excluding hydrogens is 254 g/mol. The summed E-state index contributed by atoms with van der Waals surface area (Å²) >= 11 is 6.15. The van der Waals surface area contributed by atoms with E-state index in [1.807, 2.05) is 11.9 Å². The molecule has 1 atom stereocenters. The second-order valence-corrected chi connectivity index (χ2v) is 4.93. The van der Waals surface area contributed by atoms with Crippen LogP contribution in [-0.4, -0.2) is 36.2 Å². The molecular formula is C13H16ClNO3. The highest BCUT2D eigenvalue weighted by molar-refractivity contribution is 6.31. The van der Waals surface area contributed by atoms with E-state index in [1.165, 1.54) is 0 Å². The maximum Gasteiger partial charge on any atom is 0.325 e. The van der Waals surface area contributed by atoms with Gasteiger partial charge in [0.2, 0.25) is 0 Å². The molecule has 1 aromatic carbocycles. The molecule has 0 amide bonds. The highest BCUT2D eigenvalue weighted by Gasteiger charge is 2.36. The fourth-order valence-corrected chi connectivity index (χ4v) is 2.35. The molecule has 0 saturated heterocycles. The van der Waals surface area contributed by atoms with Crippen molar-refractivity contribution in [3.05, 3.63) is 28.8 Å². The molecule has 0 aliphatic heterocycles. The van der Waals surface area contributed by atoms with Gasteiger partial charge in [-0.05, 0) is 37.6 Å². The number of carboxylic acid groups (broad SMARTS) is 1. The number of nitrogens with zero attached hydrogens (tertiary/aromatic N) is 1. The molecule has 1 aliphatic carbocycles. The summed E-state index contributed by atoms with van der Waals surface area (Å²) in [4.78, 5) is 13.3. The maximum absolute atomic E-state index is 11.4. The molecule has 0 heterocycles. The Kier molecular flexibility index (Phi) is 3.78. The van der Waals surface area contributed by atoms with E-state index in [-0.39, 0.29) is 0 Å². The lowest BCUT2D eigenvalue weighted by molar-refractivity contribution is -0.143. The fraction of sp³-hybridized carbons (Fsp3) is 0.462. The molecule has 4 nitrogen and oxygen atoms in total. The topological polar surface area (TPSA) is 49.8 Å². The van der Waals surface area contributed by atoms with Crippen LogP contribution in [0.4, 0.5) is 0 Å². The molecule has 0 radical (unpaired) electrons. The van der Waals surface area contributed by atoms with Crippen molar-refractivity contribution in [1.82, 2.24) is 4.90 Å². The molecule has 1 aliphatic rings. The number of likely N-dealkylation sites (N-methyl/N-ethyl adjacent to an activating group) is 1. The molecule has 1 aromatic rings. The fourth-order valence-electron chi connectivity index (χ4n) is 2.08. The lowest BCUT2D eigenvalue weighted by atomic mass is 10.1. The molecule has 1 saturated carbocycles. The van der Waals surface area contributed by atoms with Crippen LogP contribution in [0.1, 0.15) is 24.4 Å². The quantitative estimate of drug-likeness (QED) is 0.893. The summed E-state index contributed by atoms with van der Waals surface area (Å²) in [6.45, 7) is 0. The van der Waals surface area contributed by atoms with Crippen molar-refractivity contribution in [3.63, 3.8) is 0 Å². The third-order valence-corrected chi connectivity index (χ3v) is 3.59. The first-order chi connectivity index (χ1) is 8.54. The number of methoxy groups -OCH3 is 1. The standard InChI is InChI=1S/C13H16ClNO3/c1-15(8-3-4-8)12(13(16)17)10-6-5-9(18-2)7-11(10)14/h5-8,12H,3-4H2,1-2H3,(H,16,17). The minimum Gasteiger partial charge on any atom is -0.497 e. The molecule has 5 heteroatoms. The number of aliphatic carboxylic acids is 1. The molecule has 0 bridgehead atoms.